The fourth-order valence-corrected chi connectivity index (χ4v) is 4.86. The van der Waals surface area contributed by atoms with Crippen LogP contribution in [0.3, 0.4) is 0 Å². The van der Waals surface area contributed by atoms with Crippen LogP contribution < -0.4 is 5.32 Å². The number of benzene rings is 2. The molecule has 2 aromatic carbocycles. The average Bonchev–Trinajstić information content (AvgIpc) is 2.79. The second kappa shape index (κ2) is 10.9. The van der Waals surface area contributed by atoms with Crippen LogP contribution in [0.4, 0.5) is 0 Å². The first-order valence-electron chi connectivity index (χ1n) is 11.0. The van der Waals surface area contributed by atoms with Crippen LogP contribution in [0.2, 0.25) is 0 Å². The maximum atomic E-state index is 12.5. The van der Waals surface area contributed by atoms with Crippen molar-refractivity contribution in [3.63, 3.8) is 0 Å². The third-order valence-corrected chi connectivity index (χ3v) is 7.68. The van der Waals surface area contributed by atoms with Gasteiger partial charge in [-0.05, 0) is 49.9 Å². The van der Waals surface area contributed by atoms with E-state index in [2.05, 4.69) is 22.3 Å². The predicted octanol–water partition coefficient (Wildman–Crippen LogP) is 2.91. The lowest BCUT2D eigenvalue weighted by Crippen LogP contribution is -2.48. The molecule has 0 saturated carbocycles. The fraction of sp³-hybridized carbons (Fsp3) is 0.458. The van der Waals surface area contributed by atoms with Crippen LogP contribution in [-0.4, -0.2) is 61.5 Å². The van der Waals surface area contributed by atoms with Crippen molar-refractivity contribution < 1.29 is 13.2 Å². The lowest BCUT2D eigenvalue weighted by molar-refractivity contribution is 0.0938. The summed E-state index contributed by atoms with van der Waals surface area (Å²) >= 11 is 0. The van der Waals surface area contributed by atoms with E-state index >= 15 is 0 Å². The summed E-state index contributed by atoms with van der Waals surface area (Å²) in [5.41, 5.74) is 3.07. The summed E-state index contributed by atoms with van der Waals surface area (Å²) in [6, 6.07) is 18.1. The van der Waals surface area contributed by atoms with Gasteiger partial charge < -0.3 is 5.32 Å². The largest absolute Gasteiger partial charge is 0.350 e. The van der Waals surface area contributed by atoms with Crippen LogP contribution in [0.15, 0.2) is 54.6 Å². The van der Waals surface area contributed by atoms with Gasteiger partial charge in [0.05, 0.1) is 5.75 Å². The second-order valence-electron chi connectivity index (χ2n) is 8.17. The van der Waals surface area contributed by atoms with E-state index in [1.165, 1.54) is 5.56 Å². The molecular formula is C24H33N3O3S. The molecular weight excluding hydrogens is 410 g/mol. The van der Waals surface area contributed by atoms with E-state index < -0.39 is 10.0 Å². The Morgan fingerprint density at radius 3 is 2.23 bits per heavy atom. The topological polar surface area (TPSA) is 69.7 Å². The molecule has 1 heterocycles. The minimum atomic E-state index is -3.10. The number of nitrogens with one attached hydrogen (secondary N) is 1. The zero-order valence-electron chi connectivity index (χ0n) is 18.5. The van der Waals surface area contributed by atoms with Crippen molar-refractivity contribution in [2.75, 3.05) is 31.9 Å². The van der Waals surface area contributed by atoms with Crippen molar-refractivity contribution in [2.45, 2.75) is 39.3 Å². The van der Waals surface area contributed by atoms with Gasteiger partial charge in [-0.1, -0.05) is 42.5 Å². The zero-order valence-corrected chi connectivity index (χ0v) is 19.3. The normalized spacial score (nSPS) is 16.7. The third kappa shape index (κ3) is 6.89. The standard InChI is InChI=1S/C24H33N3O3S/c1-3-31(29,30)27-17-15-26(16-18-27)19-22-11-13-23(14-12-22)24(28)25-20(2)9-10-21-7-5-4-6-8-21/h4-8,11-14,20H,3,9-10,15-19H2,1-2H3,(H,25,28). The van der Waals surface area contributed by atoms with Crippen LogP contribution in [0.25, 0.3) is 0 Å². The molecule has 1 N–H and O–H groups in total. The molecule has 3 rings (SSSR count). The number of hydrogen-bond acceptors (Lipinski definition) is 4. The van der Waals surface area contributed by atoms with E-state index in [1.54, 1.807) is 11.2 Å². The van der Waals surface area contributed by atoms with Crippen LogP contribution in [0.1, 0.15) is 41.8 Å². The summed E-state index contributed by atoms with van der Waals surface area (Å²) < 4.78 is 25.5. The van der Waals surface area contributed by atoms with Gasteiger partial charge in [-0.3, -0.25) is 9.69 Å². The summed E-state index contributed by atoms with van der Waals surface area (Å²) in [6.45, 7) is 7.00. The lowest BCUT2D eigenvalue weighted by Gasteiger charge is -2.33. The Labute approximate surface area is 186 Å². The van der Waals surface area contributed by atoms with Crippen molar-refractivity contribution in [3.05, 3.63) is 71.3 Å². The van der Waals surface area contributed by atoms with Gasteiger partial charge in [0.1, 0.15) is 0 Å². The number of carbonyl (C=O) groups excluding carboxylic acids is 1. The number of piperazine rings is 1. The van der Waals surface area contributed by atoms with Gasteiger partial charge in [-0.2, -0.15) is 4.31 Å². The quantitative estimate of drug-likeness (QED) is 0.647. The number of hydrogen-bond donors (Lipinski definition) is 1. The van der Waals surface area contributed by atoms with Crippen molar-refractivity contribution in [1.29, 1.82) is 0 Å². The highest BCUT2D eigenvalue weighted by Crippen LogP contribution is 2.13. The van der Waals surface area contributed by atoms with Gasteiger partial charge in [0, 0.05) is 44.3 Å². The Morgan fingerprint density at radius 2 is 1.61 bits per heavy atom. The van der Waals surface area contributed by atoms with Gasteiger partial charge in [0.2, 0.25) is 10.0 Å². The SMILES string of the molecule is CCS(=O)(=O)N1CCN(Cc2ccc(C(=O)NC(C)CCc3ccccc3)cc2)CC1. The van der Waals surface area contributed by atoms with Crippen LogP contribution in [0.5, 0.6) is 0 Å². The highest BCUT2D eigenvalue weighted by molar-refractivity contribution is 7.89. The molecule has 1 atom stereocenters. The number of amides is 1. The number of rotatable bonds is 9. The monoisotopic (exact) mass is 443 g/mol. The fourth-order valence-electron chi connectivity index (χ4n) is 3.78. The highest BCUT2D eigenvalue weighted by Gasteiger charge is 2.25. The minimum Gasteiger partial charge on any atom is -0.350 e. The molecule has 1 aliphatic rings. The smallest absolute Gasteiger partial charge is 0.251 e. The third-order valence-electron chi connectivity index (χ3n) is 5.80. The summed E-state index contributed by atoms with van der Waals surface area (Å²) in [7, 11) is -3.10. The molecule has 1 aliphatic heterocycles. The Kier molecular flexibility index (Phi) is 8.23. The summed E-state index contributed by atoms with van der Waals surface area (Å²) in [6.07, 6.45) is 1.83. The summed E-state index contributed by atoms with van der Waals surface area (Å²) in [5, 5.41) is 3.08. The Morgan fingerprint density at radius 1 is 0.968 bits per heavy atom. The molecule has 31 heavy (non-hydrogen) atoms. The molecule has 0 aromatic heterocycles. The first kappa shape index (κ1) is 23.4. The second-order valence-corrected chi connectivity index (χ2v) is 10.4. The molecule has 1 saturated heterocycles. The zero-order chi connectivity index (χ0) is 22.3. The van der Waals surface area contributed by atoms with Crippen LogP contribution in [-0.2, 0) is 23.0 Å². The molecule has 168 valence electrons. The van der Waals surface area contributed by atoms with Gasteiger partial charge in [-0.15, -0.1) is 0 Å². The van der Waals surface area contributed by atoms with E-state index in [-0.39, 0.29) is 17.7 Å². The number of carbonyl (C=O) groups is 1. The van der Waals surface area contributed by atoms with Crippen molar-refractivity contribution >= 4 is 15.9 Å². The van der Waals surface area contributed by atoms with Crippen molar-refractivity contribution in [2.24, 2.45) is 0 Å². The molecule has 0 spiro atoms. The Balaban J connectivity index is 1.45. The first-order valence-corrected chi connectivity index (χ1v) is 12.6. The van der Waals surface area contributed by atoms with Crippen LogP contribution in [0, 0.1) is 0 Å². The maximum Gasteiger partial charge on any atom is 0.251 e. The van der Waals surface area contributed by atoms with Crippen molar-refractivity contribution in [1.82, 2.24) is 14.5 Å². The molecule has 2 aromatic rings. The first-order chi connectivity index (χ1) is 14.9. The number of aryl methyl sites for hydroxylation is 1. The molecule has 1 unspecified atom stereocenters. The Hall–Kier alpha value is -2.22. The van der Waals surface area contributed by atoms with E-state index in [0.29, 0.717) is 18.7 Å². The minimum absolute atomic E-state index is 0.0505. The average molecular weight is 444 g/mol. The highest BCUT2D eigenvalue weighted by atomic mass is 32.2. The van der Waals surface area contributed by atoms with E-state index in [9.17, 15) is 13.2 Å². The molecule has 0 aliphatic carbocycles. The molecule has 1 amide bonds. The maximum absolute atomic E-state index is 12.5. The molecule has 6 nitrogen and oxygen atoms in total. The number of nitrogens with zero attached hydrogens (tertiary/aromatic N) is 2. The van der Waals surface area contributed by atoms with Crippen LogP contribution >= 0.6 is 0 Å². The molecule has 0 radical (unpaired) electrons. The van der Waals surface area contributed by atoms with Gasteiger partial charge in [0.25, 0.3) is 5.91 Å². The van der Waals surface area contributed by atoms with Gasteiger partial charge in [-0.25, -0.2) is 8.42 Å². The van der Waals surface area contributed by atoms with E-state index in [0.717, 1.165) is 38.0 Å². The molecule has 1 fully saturated rings. The number of sulfonamides is 1. The van der Waals surface area contributed by atoms with E-state index in [4.69, 9.17) is 0 Å². The lowest BCUT2D eigenvalue weighted by atomic mass is 10.1. The Bertz CT molecular complexity index is 938. The van der Waals surface area contributed by atoms with Crippen molar-refractivity contribution in [3.8, 4) is 0 Å². The van der Waals surface area contributed by atoms with E-state index in [1.807, 2.05) is 49.4 Å². The predicted molar refractivity (Wildman–Crippen MR) is 124 cm³/mol. The molecule has 0 bridgehead atoms. The molecule has 7 heteroatoms. The van der Waals surface area contributed by atoms with Gasteiger partial charge >= 0.3 is 0 Å². The summed E-state index contributed by atoms with van der Waals surface area (Å²) in [4.78, 5) is 14.8. The van der Waals surface area contributed by atoms with Gasteiger partial charge in [0.15, 0.2) is 0 Å². The summed E-state index contributed by atoms with van der Waals surface area (Å²) in [5.74, 6) is 0.104.